The molecule has 5 rings (SSSR count). The van der Waals surface area contributed by atoms with E-state index in [4.69, 9.17) is 4.74 Å². The van der Waals surface area contributed by atoms with Crippen LogP contribution in [-0.4, -0.2) is 47.2 Å². The normalized spacial score (nSPS) is 42.9. The molecule has 3 heterocycles. The van der Waals surface area contributed by atoms with E-state index in [1.807, 2.05) is 6.08 Å². The van der Waals surface area contributed by atoms with Crippen molar-refractivity contribution in [2.24, 2.45) is 0 Å². The molecule has 5 aliphatic rings. The van der Waals surface area contributed by atoms with E-state index in [9.17, 15) is 4.79 Å². The van der Waals surface area contributed by atoms with E-state index in [2.05, 4.69) is 10.2 Å². The average molecular weight is 330 g/mol. The van der Waals surface area contributed by atoms with Crippen LogP contribution >= 0.6 is 0 Å². The molecule has 4 nitrogen and oxygen atoms in total. The fourth-order valence-electron chi connectivity index (χ4n) is 6.31. The first-order valence-electron chi connectivity index (χ1n) is 10.2. The Kier molecular flexibility index (Phi) is 3.75. The summed E-state index contributed by atoms with van der Waals surface area (Å²) in [5.74, 6) is -0.0914. The van der Waals surface area contributed by atoms with Gasteiger partial charge >= 0.3 is 5.97 Å². The summed E-state index contributed by atoms with van der Waals surface area (Å²) >= 11 is 0. The molecule has 132 valence electrons. The van der Waals surface area contributed by atoms with Gasteiger partial charge in [-0.25, -0.2) is 4.79 Å². The van der Waals surface area contributed by atoms with E-state index < -0.39 is 0 Å². The lowest BCUT2D eigenvalue weighted by Gasteiger charge is -2.38. The highest BCUT2D eigenvalue weighted by Gasteiger charge is 2.63. The second-order valence-corrected chi connectivity index (χ2v) is 8.67. The van der Waals surface area contributed by atoms with Crippen molar-refractivity contribution in [2.45, 2.75) is 100 Å². The molecular formula is C20H30N2O2. The number of hydrogen-bond donors (Lipinski definition) is 1. The number of hydrogen-bond acceptors (Lipinski definition) is 4. The Hall–Kier alpha value is -0.870. The first-order valence-corrected chi connectivity index (χ1v) is 10.2. The Morgan fingerprint density at radius 2 is 1.88 bits per heavy atom. The molecule has 1 N–H and O–H groups in total. The van der Waals surface area contributed by atoms with Crippen LogP contribution in [0.1, 0.15) is 70.6 Å². The van der Waals surface area contributed by atoms with Gasteiger partial charge in [-0.3, -0.25) is 4.90 Å². The molecule has 0 amide bonds. The lowest BCUT2D eigenvalue weighted by atomic mass is 9.75. The van der Waals surface area contributed by atoms with E-state index >= 15 is 0 Å². The molecule has 1 spiro atoms. The van der Waals surface area contributed by atoms with Crippen molar-refractivity contribution in [2.75, 3.05) is 6.54 Å². The van der Waals surface area contributed by atoms with Gasteiger partial charge in [0.2, 0.25) is 0 Å². The van der Waals surface area contributed by atoms with Gasteiger partial charge in [0, 0.05) is 30.6 Å². The van der Waals surface area contributed by atoms with Crippen molar-refractivity contribution < 1.29 is 9.53 Å². The lowest BCUT2D eigenvalue weighted by molar-refractivity contribution is -0.148. The largest absolute Gasteiger partial charge is 0.450 e. The number of rotatable bonds is 2. The number of carbonyl (C=O) groups excluding carboxylic acids is 1. The van der Waals surface area contributed by atoms with Crippen LogP contribution < -0.4 is 5.32 Å². The second kappa shape index (κ2) is 5.84. The standard InChI is InChI=1S/C20H30N2O2/c23-19-12-14-11-16(21-15-7-3-1-2-4-8-15)17-13-20(14,24-19)18-9-5-6-10-22(17)18/h12,15-18,21H,1-11,13H2/t16?,17-,18+,20-/m0/s1. The first kappa shape index (κ1) is 15.4. The molecule has 2 bridgehead atoms. The zero-order valence-electron chi connectivity index (χ0n) is 14.6. The molecule has 4 atom stereocenters. The third-order valence-corrected chi connectivity index (χ3v) is 7.35. The molecule has 3 aliphatic heterocycles. The Bertz CT molecular complexity index is 552. The van der Waals surface area contributed by atoms with Crippen LogP contribution in [0.3, 0.4) is 0 Å². The molecule has 0 aromatic carbocycles. The molecule has 2 saturated carbocycles. The second-order valence-electron chi connectivity index (χ2n) is 8.67. The van der Waals surface area contributed by atoms with Crippen LogP contribution in [0, 0.1) is 0 Å². The number of carbonyl (C=O) groups is 1. The predicted octanol–water partition coefficient (Wildman–Crippen LogP) is 2.92. The first-order chi connectivity index (χ1) is 11.8. The molecule has 4 heteroatoms. The zero-order chi connectivity index (χ0) is 16.1. The van der Waals surface area contributed by atoms with Crippen molar-refractivity contribution in [1.82, 2.24) is 10.2 Å². The third-order valence-electron chi connectivity index (χ3n) is 7.35. The summed E-state index contributed by atoms with van der Waals surface area (Å²) in [7, 11) is 0. The monoisotopic (exact) mass is 330 g/mol. The highest BCUT2D eigenvalue weighted by atomic mass is 16.6. The number of fused-ring (bicyclic) bond motifs is 3. The summed E-state index contributed by atoms with van der Waals surface area (Å²) < 4.78 is 5.97. The lowest BCUT2D eigenvalue weighted by Crippen LogP contribution is -2.52. The Balaban J connectivity index is 1.41. The summed E-state index contributed by atoms with van der Waals surface area (Å²) in [4.78, 5) is 14.8. The summed E-state index contributed by atoms with van der Waals surface area (Å²) in [5, 5.41) is 4.03. The molecule has 0 aromatic heterocycles. The van der Waals surface area contributed by atoms with Gasteiger partial charge in [-0.2, -0.15) is 0 Å². The SMILES string of the molecule is O=C1C=C2CC(NC3CCCCCC3)[C@@H]3C[C@@]2(O1)[C@H]1CCCCN31. The van der Waals surface area contributed by atoms with E-state index in [0.29, 0.717) is 24.2 Å². The minimum absolute atomic E-state index is 0.0914. The fraction of sp³-hybridized carbons (Fsp3) is 0.850. The molecule has 24 heavy (non-hydrogen) atoms. The average Bonchev–Trinajstić information content (AvgIpc) is 2.91. The molecule has 1 unspecified atom stereocenters. The number of ether oxygens (including phenoxy) is 1. The maximum absolute atomic E-state index is 12.1. The topological polar surface area (TPSA) is 41.6 Å². The molecule has 0 aromatic rings. The highest BCUT2D eigenvalue weighted by Crippen LogP contribution is 2.54. The van der Waals surface area contributed by atoms with Crippen molar-refractivity contribution in [3.63, 3.8) is 0 Å². The van der Waals surface area contributed by atoms with Crippen LogP contribution in [0.5, 0.6) is 0 Å². The summed E-state index contributed by atoms with van der Waals surface area (Å²) in [6, 6.07) is 2.18. The van der Waals surface area contributed by atoms with E-state index in [1.165, 1.54) is 69.9 Å². The quantitative estimate of drug-likeness (QED) is 0.624. The minimum Gasteiger partial charge on any atom is -0.450 e. The van der Waals surface area contributed by atoms with Gasteiger partial charge in [-0.05, 0) is 44.2 Å². The number of nitrogens with one attached hydrogen (secondary N) is 1. The molecule has 2 saturated heterocycles. The molecular weight excluding hydrogens is 300 g/mol. The third kappa shape index (κ3) is 2.29. The van der Waals surface area contributed by atoms with Gasteiger partial charge in [-0.1, -0.05) is 32.1 Å². The minimum atomic E-state index is -0.260. The van der Waals surface area contributed by atoms with Crippen LogP contribution in [0.25, 0.3) is 0 Å². The number of nitrogens with zero attached hydrogens (tertiary/aromatic N) is 1. The summed E-state index contributed by atoms with van der Waals surface area (Å²) in [6.07, 6.45) is 15.8. The zero-order valence-corrected chi connectivity index (χ0v) is 14.6. The van der Waals surface area contributed by atoms with Gasteiger partial charge in [0.25, 0.3) is 0 Å². The van der Waals surface area contributed by atoms with Crippen molar-refractivity contribution in [3.8, 4) is 0 Å². The highest BCUT2D eigenvalue weighted by molar-refractivity contribution is 5.87. The molecule has 0 radical (unpaired) electrons. The Morgan fingerprint density at radius 3 is 2.71 bits per heavy atom. The van der Waals surface area contributed by atoms with Crippen LogP contribution in [0.2, 0.25) is 0 Å². The van der Waals surface area contributed by atoms with Crippen LogP contribution in [-0.2, 0) is 9.53 Å². The Labute approximate surface area is 145 Å². The van der Waals surface area contributed by atoms with Crippen LogP contribution in [0.4, 0.5) is 0 Å². The van der Waals surface area contributed by atoms with Gasteiger partial charge in [0.1, 0.15) is 0 Å². The van der Waals surface area contributed by atoms with E-state index in [1.54, 1.807) is 0 Å². The van der Waals surface area contributed by atoms with Crippen LogP contribution in [0.15, 0.2) is 11.6 Å². The number of piperidine rings is 1. The number of esters is 1. The van der Waals surface area contributed by atoms with Gasteiger partial charge in [0.05, 0.1) is 6.04 Å². The van der Waals surface area contributed by atoms with Gasteiger partial charge in [-0.15, -0.1) is 0 Å². The fourth-order valence-corrected chi connectivity index (χ4v) is 6.31. The maximum Gasteiger partial charge on any atom is 0.331 e. The summed E-state index contributed by atoms with van der Waals surface area (Å²) in [5.41, 5.74) is 1.04. The Morgan fingerprint density at radius 1 is 1.08 bits per heavy atom. The van der Waals surface area contributed by atoms with E-state index in [0.717, 1.165) is 12.8 Å². The maximum atomic E-state index is 12.1. The molecule has 4 fully saturated rings. The molecule has 2 aliphatic carbocycles. The smallest absolute Gasteiger partial charge is 0.331 e. The predicted molar refractivity (Wildman–Crippen MR) is 92.7 cm³/mol. The van der Waals surface area contributed by atoms with Crippen molar-refractivity contribution >= 4 is 5.97 Å². The van der Waals surface area contributed by atoms with Gasteiger partial charge in [0.15, 0.2) is 5.60 Å². The summed E-state index contributed by atoms with van der Waals surface area (Å²) in [6.45, 7) is 1.19. The van der Waals surface area contributed by atoms with Crippen molar-refractivity contribution in [3.05, 3.63) is 11.6 Å². The van der Waals surface area contributed by atoms with Gasteiger partial charge < -0.3 is 10.1 Å². The van der Waals surface area contributed by atoms with E-state index in [-0.39, 0.29) is 11.6 Å². The van der Waals surface area contributed by atoms with Crippen molar-refractivity contribution in [1.29, 1.82) is 0 Å².